The van der Waals surface area contributed by atoms with Crippen molar-refractivity contribution in [3.8, 4) is 11.6 Å². The molecule has 4 aromatic rings. The zero-order chi connectivity index (χ0) is 23.8. The normalized spacial score (nSPS) is 17.6. The molecule has 0 amide bonds. The largest absolute Gasteiger partial charge is 0.497 e. The molecule has 34 heavy (non-hydrogen) atoms. The van der Waals surface area contributed by atoms with Gasteiger partial charge in [0.1, 0.15) is 11.6 Å². The Kier molecular flexibility index (Phi) is 5.79. The van der Waals surface area contributed by atoms with Gasteiger partial charge in [-0.25, -0.2) is 4.98 Å². The number of hydrogen-bond donors (Lipinski definition) is 1. The molecule has 0 radical (unpaired) electrons. The van der Waals surface area contributed by atoms with Gasteiger partial charge in [0.25, 0.3) is 0 Å². The van der Waals surface area contributed by atoms with Crippen LogP contribution in [-0.4, -0.2) is 26.8 Å². The molecule has 5 rings (SSSR count). The molecule has 0 spiro atoms. The molecule has 1 saturated heterocycles. The lowest BCUT2D eigenvalue weighted by molar-refractivity contribution is 0.415. The Labute approximate surface area is 205 Å². The number of benzene rings is 1. The molecule has 1 N–H and O–H groups in total. The summed E-state index contributed by atoms with van der Waals surface area (Å²) in [7, 11) is 1.68. The lowest BCUT2D eigenvalue weighted by atomic mass is 9.96. The molecule has 7 heteroatoms. The molecule has 2 atom stereocenters. The van der Waals surface area contributed by atoms with Crippen LogP contribution < -0.4 is 15.0 Å². The number of hydrogen-bond acceptors (Lipinski definition) is 4. The van der Waals surface area contributed by atoms with Crippen LogP contribution in [0.5, 0.6) is 5.75 Å². The molecule has 172 valence electrons. The van der Waals surface area contributed by atoms with Crippen molar-refractivity contribution in [1.82, 2.24) is 19.9 Å². The molecular weight excluding hydrogens is 442 g/mol. The molecule has 0 aliphatic carbocycles. The number of nitrogens with one attached hydrogen (secondary N) is 1. The van der Waals surface area contributed by atoms with Crippen molar-refractivity contribution in [3.63, 3.8) is 0 Å². The summed E-state index contributed by atoms with van der Waals surface area (Å²) in [4.78, 5) is 11.5. The molecule has 6 nitrogen and oxygen atoms in total. The van der Waals surface area contributed by atoms with E-state index in [0.717, 1.165) is 39.9 Å². The number of nitrogens with zero attached hydrogens (tertiary/aromatic N) is 4. The van der Waals surface area contributed by atoms with Gasteiger partial charge in [0.2, 0.25) is 0 Å². The highest BCUT2D eigenvalue weighted by Gasteiger charge is 2.42. The minimum absolute atomic E-state index is 0.0973. The average molecular weight is 470 g/mol. The molecule has 0 bridgehead atoms. The fraction of sp³-hybridized carbons (Fsp3) is 0.222. The monoisotopic (exact) mass is 469 g/mol. The van der Waals surface area contributed by atoms with Crippen LogP contribution in [0.1, 0.15) is 40.3 Å². The maximum Gasteiger partial charge on any atom is 0.174 e. The Morgan fingerprint density at radius 3 is 2.53 bits per heavy atom. The highest BCUT2D eigenvalue weighted by Crippen LogP contribution is 2.44. The molecule has 4 heterocycles. The van der Waals surface area contributed by atoms with Gasteiger partial charge in [0, 0.05) is 35.5 Å². The van der Waals surface area contributed by atoms with Crippen LogP contribution >= 0.6 is 12.2 Å². The summed E-state index contributed by atoms with van der Waals surface area (Å²) < 4.78 is 7.71. The van der Waals surface area contributed by atoms with E-state index in [1.165, 1.54) is 5.56 Å². The summed E-state index contributed by atoms with van der Waals surface area (Å²) in [6.07, 6.45) is 3.73. The van der Waals surface area contributed by atoms with E-state index >= 15 is 0 Å². The Bertz CT molecular complexity index is 1330. The first-order valence-electron chi connectivity index (χ1n) is 11.2. The highest BCUT2D eigenvalue weighted by atomic mass is 32.1. The van der Waals surface area contributed by atoms with Crippen molar-refractivity contribution in [1.29, 1.82) is 0 Å². The topological polar surface area (TPSA) is 55.2 Å². The van der Waals surface area contributed by atoms with Crippen molar-refractivity contribution in [2.45, 2.75) is 32.9 Å². The first-order valence-corrected chi connectivity index (χ1v) is 11.7. The minimum Gasteiger partial charge on any atom is -0.497 e. The maximum absolute atomic E-state index is 5.87. The van der Waals surface area contributed by atoms with Crippen molar-refractivity contribution >= 4 is 23.0 Å². The Hall–Kier alpha value is -3.71. The molecule has 1 aliphatic heterocycles. The number of aryl methyl sites for hydroxylation is 2. The minimum atomic E-state index is -0.111. The summed E-state index contributed by atoms with van der Waals surface area (Å²) in [6, 6.07) is 20.2. The first-order chi connectivity index (χ1) is 16.5. The van der Waals surface area contributed by atoms with E-state index in [-0.39, 0.29) is 12.1 Å². The number of rotatable bonds is 5. The Balaban J connectivity index is 1.68. The lowest BCUT2D eigenvalue weighted by Crippen LogP contribution is -2.29. The van der Waals surface area contributed by atoms with Gasteiger partial charge in [-0.2, -0.15) is 0 Å². The van der Waals surface area contributed by atoms with E-state index in [2.05, 4.69) is 62.9 Å². The first kappa shape index (κ1) is 22.1. The zero-order valence-corrected chi connectivity index (χ0v) is 20.5. The van der Waals surface area contributed by atoms with Crippen LogP contribution in [0.25, 0.3) is 5.82 Å². The van der Waals surface area contributed by atoms with Gasteiger partial charge in [-0.1, -0.05) is 18.2 Å². The van der Waals surface area contributed by atoms with Crippen molar-refractivity contribution in [3.05, 3.63) is 101 Å². The quantitative estimate of drug-likeness (QED) is 0.396. The number of aromatic nitrogens is 3. The van der Waals surface area contributed by atoms with Crippen molar-refractivity contribution in [2.24, 2.45) is 0 Å². The third-order valence-corrected chi connectivity index (χ3v) is 6.66. The third-order valence-electron chi connectivity index (χ3n) is 6.34. The Morgan fingerprint density at radius 1 is 0.971 bits per heavy atom. The van der Waals surface area contributed by atoms with Gasteiger partial charge in [-0.05, 0) is 80.5 Å². The van der Waals surface area contributed by atoms with Crippen molar-refractivity contribution in [2.75, 3.05) is 12.0 Å². The summed E-state index contributed by atoms with van der Waals surface area (Å²) in [6.45, 7) is 6.31. The number of anilines is 1. The smallest absolute Gasteiger partial charge is 0.174 e. The van der Waals surface area contributed by atoms with E-state index in [9.17, 15) is 0 Å². The summed E-state index contributed by atoms with van der Waals surface area (Å²) in [5.41, 5.74) is 6.46. The van der Waals surface area contributed by atoms with Crippen LogP contribution in [0.2, 0.25) is 0 Å². The van der Waals surface area contributed by atoms with Gasteiger partial charge in [-0.3, -0.25) is 4.98 Å². The maximum atomic E-state index is 5.87. The van der Waals surface area contributed by atoms with Crippen LogP contribution in [0.3, 0.4) is 0 Å². The molecule has 1 aromatic carbocycles. The summed E-state index contributed by atoms with van der Waals surface area (Å²) >= 11 is 5.87. The van der Waals surface area contributed by atoms with E-state index in [0.29, 0.717) is 5.11 Å². The fourth-order valence-electron chi connectivity index (χ4n) is 4.74. The Morgan fingerprint density at radius 2 is 1.82 bits per heavy atom. The van der Waals surface area contributed by atoms with Crippen LogP contribution in [0, 0.1) is 20.8 Å². The van der Waals surface area contributed by atoms with Crippen LogP contribution in [0.4, 0.5) is 5.69 Å². The highest BCUT2D eigenvalue weighted by molar-refractivity contribution is 7.80. The summed E-state index contributed by atoms with van der Waals surface area (Å²) in [5.74, 6) is 1.69. The fourth-order valence-corrected chi connectivity index (χ4v) is 5.09. The molecule has 0 saturated carbocycles. The van der Waals surface area contributed by atoms with Gasteiger partial charge in [0.15, 0.2) is 5.11 Å². The zero-order valence-electron chi connectivity index (χ0n) is 19.7. The molecule has 0 unspecified atom stereocenters. The number of ether oxygens (including phenoxy) is 1. The second kappa shape index (κ2) is 8.91. The third kappa shape index (κ3) is 3.82. The van der Waals surface area contributed by atoms with E-state index in [1.54, 1.807) is 7.11 Å². The molecule has 3 aromatic heterocycles. The second-order valence-corrected chi connectivity index (χ2v) is 8.94. The molecular formula is C27H27N5OS. The summed E-state index contributed by atoms with van der Waals surface area (Å²) in [5, 5.41) is 4.20. The predicted octanol–water partition coefficient (Wildman–Crippen LogP) is 5.38. The van der Waals surface area contributed by atoms with Gasteiger partial charge < -0.3 is 19.5 Å². The van der Waals surface area contributed by atoms with E-state index in [4.69, 9.17) is 17.0 Å². The standard InChI is InChI=1S/C27H27N5OS/c1-17-11-12-24(29-16-17)31-18(2)14-22(19(31)3)26-25(23-10-5-6-13-28-23)30-27(34)32(26)20-8-7-9-21(15-20)33-4/h5-16,25-26H,1-4H3,(H,30,34)/t25-,26+/m0/s1. The number of methoxy groups -OCH3 is 1. The van der Waals surface area contributed by atoms with Crippen LogP contribution in [-0.2, 0) is 0 Å². The second-order valence-electron chi connectivity index (χ2n) is 8.55. The molecule has 1 aliphatic rings. The van der Waals surface area contributed by atoms with Gasteiger partial charge >= 0.3 is 0 Å². The number of pyridine rings is 2. The molecule has 1 fully saturated rings. The lowest BCUT2D eigenvalue weighted by Gasteiger charge is -2.28. The predicted molar refractivity (Wildman–Crippen MR) is 139 cm³/mol. The van der Waals surface area contributed by atoms with Crippen LogP contribution in [0.15, 0.2) is 73.1 Å². The van der Waals surface area contributed by atoms with E-state index in [1.807, 2.05) is 55.7 Å². The van der Waals surface area contributed by atoms with Crippen molar-refractivity contribution < 1.29 is 4.74 Å². The number of thiocarbonyl (C=S) groups is 1. The van der Waals surface area contributed by atoms with Gasteiger partial charge in [0.05, 0.1) is 24.9 Å². The SMILES string of the molecule is COc1cccc(N2C(=S)N[C@@H](c3ccccn3)[C@H]2c2cc(C)n(-c3ccc(C)cn3)c2C)c1. The van der Waals surface area contributed by atoms with E-state index < -0.39 is 0 Å². The average Bonchev–Trinajstić information content (AvgIpc) is 3.35. The van der Waals surface area contributed by atoms with Gasteiger partial charge in [-0.15, -0.1) is 0 Å².